The van der Waals surface area contributed by atoms with Crippen molar-refractivity contribution < 1.29 is 14.0 Å². The average Bonchev–Trinajstić information content (AvgIpc) is 2.83. The summed E-state index contributed by atoms with van der Waals surface area (Å²) in [5.41, 5.74) is 7.95. The molecule has 6 heteroatoms. The van der Waals surface area contributed by atoms with E-state index in [1.165, 1.54) is 0 Å². The van der Waals surface area contributed by atoms with Gasteiger partial charge in [0, 0.05) is 23.3 Å². The van der Waals surface area contributed by atoms with Gasteiger partial charge in [0.05, 0.1) is 5.02 Å². The monoisotopic (exact) mass is 294 g/mol. The molecule has 1 aromatic heterocycles. The lowest BCUT2D eigenvalue weighted by atomic mass is 9.93. The summed E-state index contributed by atoms with van der Waals surface area (Å²) >= 11 is 6.40. The van der Waals surface area contributed by atoms with Crippen molar-refractivity contribution >= 4 is 17.5 Å². The first kappa shape index (κ1) is 13.1. The molecule has 0 saturated carbocycles. The molecule has 2 heterocycles. The van der Waals surface area contributed by atoms with Crippen LogP contribution in [-0.4, -0.2) is 18.4 Å². The summed E-state index contributed by atoms with van der Waals surface area (Å²) in [6, 6.07) is 3.41. The van der Waals surface area contributed by atoms with Crippen LogP contribution in [0.1, 0.15) is 25.3 Å². The maximum atomic E-state index is 6.40. The molecule has 2 N–H and O–H groups in total. The number of ether oxygens (including phenoxy) is 2. The number of hydrogen-bond acceptors (Lipinski definition) is 5. The van der Waals surface area contributed by atoms with Crippen LogP contribution in [0.25, 0.3) is 11.3 Å². The van der Waals surface area contributed by atoms with Gasteiger partial charge in [0.2, 0.25) is 5.88 Å². The molecule has 1 aliphatic heterocycles. The molecule has 0 amide bonds. The minimum Gasteiger partial charge on any atom is -0.486 e. The molecule has 0 atom stereocenters. The number of anilines is 1. The van der Waals surface area contributed by atoms with Crippen molar-refractivity contribution in [3.63, 3.8) is 0 Å². The number of nitrogen functional groups attached to an aromatic ring is 1. The van der Waals surface area contributed by atoms with Crippen molar-refractivity contribution in [1.29, 1.82) is 0 Å². The molecular weight excluding hydrogens is 280 g/mol. The fourth-order valence-corrected chi connectivity index (χ4v) is 2.70. The standard InChI is InChI=1S/C14H15ClN2O3/c1-7(2)12-13(9-6-11(16)20-17-9)8(15)5-10-14(12)19-4-3-18-10/h5-7H,3-4,16H2,1-2H3. The van der Waals surface area contributed by atoms with Crippen molar-refractivity contribution in [3.05, 3.63) is 22.7 Å². The second-order valence-electron chi connectivity index (χ2n) is 4.94. The number of fused-ring (bicyclic) bond motifs is 1. The highest BCUT2D eigenvalue weighted by Crippen LogP contribution is 2.47. The zero-order valence-electron chi connectivity index (χ0n) is 11.3. The molecular formula is C14H15ClN2O3. The third kappa shape index (κ3) is 2.08. The van der Waals surface area contributed by atoms with Gasteiger partial charge in [-0.15, -0.1) is 0 Å². The van der Waals surface area contributed by atoms with Crippen molar-refractivity contribution in [2.75, 3.05) is 18.9 Å². The number of nitrogens with two attached hydrogens (primary N) is 1. The van der Waals surface area contributed by atoms with E-state index in [1.807, 2.05) is 0 Å². The Kier molecular flexibility index (Phi) is 3.22. The van der Waals surface area contributed by atoms with Crippen LogP contribution in [0.2, 0.25) is 5.02 Å². The number of benzene rings is 1. The van der Waals surface area contributed by atoms with Gasteiger partial charge in [0.15, 0.2) is 11.5 Å². The third-order valence-electron chi connectivity index (χ3n) is 3.18. The van der Waals surface area contributed by atoms with Crippen LogP contribution in [0.3, 0.4) is 0 Å². The molecule has 20 heavy (non-hydrogen) atoms. The summed E-state index contributed by atoms with van der Waals surface area (Å²) in [7, 11) is 0. The first-order valence-corrected chi connectivity index (χ1v) is 6.80. The van der Waals surface area contributed by atoms with Crippen molar-refractivity contribution in [1.82, 2.24) is 5.16 Å². The van der Waals surface area contributed by atoms with Gasteiger partial charge in [-0.1, -0.05) is 30.6 Å². The number of nitrogens with zero attached hydrogens (tertiary/aromatic N) is 1. The highest BCUT2D eigenvalue weighted by atomic mass is 35.5. The first-order valence-electron chi connectivity index (χ1n) is 6.42. The second kappa shape index (κ2) is 4.90. The minimum absolute atomic E-state index is 0.192. The molecule has 3 rings (SSSR count). The maximum absolute atomic E-state index is 6.40. The Balaban J connectivity index is 2.27. The van der Waals surface area contributed by atoms with E-state index in [9.17, 15) is 0 Å². The Bertz CT molecular complexity index is 652. The Morgan fingerprint density at radius 2 is 2.00 bits per heavy atom. The SMILES string of the molecule is CC(C)c1c2c(cc(Cl)c1-c1cc(N)on1)OCCO2. The van der Waals surface area contributed by atoms with E-state index in [0.717, 1.165) is 16.9 Å². The van der Waals surface area contributed by atoms with Gasteiger partial charge in [-0.25, -0.2) is 0 Å². The van der Waals surface area contributed by atoms with E-state index in [4.69, 9.17) is 31.3 Å². The van der Waals surface area contributed by atoms with Crippen LogP contribution < -0.4 is 15.2 Å². The molecule has 0 bridgehead atoms. The highest BCUT2D eigenvalue weighted by molar-refractivity contribution is 6.33. The van der Waals surface area contributed by atoms with Crippen LogP contribution in [0.4, 0.5) is 5.88 Å². The van der Waals surface area contributed by atoms with Gasteiger partial charge in [-0.05, 0) is 5.92 Å². The van der Waals surface area contributed by atoms with E-state index >= 15 is 0 Å². The summed E-state index contributed by atoms with van der Waals surface area (Å²) < 4.78 is 16.3. The fourth-order valence-electron chi connectivity index (χ4n) is 2.40. The van der Waals surface area contributed by atoms with Gasteiger partial charge in [-0.3, -0.25) is 0 Å². The molecule has 1 aromatic carbocycles. The van der Waals surface area contributed by atoms with E-state index < -0.39 is 0 Å². The normalized spacial score (nSPS) is 13.8. The summed E-state index contributed by atoms with van der Waals surface area (Å²) in [5.74, 6) is 1.84. The first-order chi connectivity index (χ1) is 9.58. The number of rotatable bonds is 2. The predicted octanol–water partition coefficient (Wildman–Crippen LogP) is 3.47. The van der Waals surface area contributed by atoms with Gasteiger partial charge in [-0.2, -0.15) is 0 Å². The molecule has 0 radical (unpaired) electrons. The summed E-state index contributed by atoms with van der Waals surface area (Å²) in [6.07, 6.45) is 0. The highest BCUT2D eigenvalue weighted by Gasteiger charge is 2.26. The molecule has 106 valence electrons. The van der Waals surface area contributed by atoms with Crippen molar-refractivity contribution in [2.45, 2.75) is 19.8 Å². The van der Waals surface area contributed by atoms with Crippen LogP contribution in [0.5, 0.6) is 11.5 Å². The quantitative estimate of drug-likeness (QED) is 0.918. The predicted molar refractivity (Wildman–Crippen MR) is 76.4 cm³/mol. The minimum atomic E-state index is 0.192. The molecule has 1 aliphatic rings. The van der Waals surface area contributed by atoms with Crippen LogP contribution in [0.15, 0.2) is 16.7 Å². The largest absolute Gasteiger partial charge is 0.486 e. The van der Waals surface area contributed by atoms with Crippen LogP contribution >= 0.6 is 11.6 Å². The maximum Gasteiger partial charge on any atom is 0.222 e. The molecule has 5 nitrogen and oxygen atoms in total. The molecule has 0 saturated heterocycles. The van der Waals surface area contributed by atoms with E-state index in [1.54, 1.807) is 12.1 Å². The van der Waals surface area contributed by atoms with Crippen molar-refractivity contribution in [3.8, 4) is 22.8 Å². The van der Waals surface area contributed by atoms with E-state index in [0.29, 0.717) is 29.7 Å². The number of halogens is 1. The van der Waals surface area contributed by atoms with Gasteiger partial charge in [0.1, 0.15) is 18.9 Å². The number of hydrogen-bond donors (Lipinski definition) is 1. The lowest BCUT2D eigenvalue weighted by Crippen LogP contribution is -2.17. The van der Waals surface area contributed by atoms with Crippen LogP contribution in [-0.2, 0) is 0 Å². The van der Waals surface area contributed by atoms with E-state index in [2.05, 4.69) is 19.0 Å². The molecule has 0 unspecified atom stereocenters. The lowest BCUT2D eigenvalue weighted by Gasteiger charge is -2.25. The second-order valence-corrected chi connectivity index (χ2v) is 5.35. The zero-order chi connectivity index (χ0) is 14.3. The fraction of sp³-hybridized carbons (Fsp3) is 0.357. The Morgan fingerprint density at radius 1 is 1.25 bits per heavy atom. The van der Waals surface area contributed by atoms with Crippen LogP contribution in [0, 0.1) is 0 Å². The van der Waals surface area contributed by atoms with Gasteiger partial charge < -0.3 is 19.7 Å². The zero-order valence-corrected chi connectivity index (χ0v) is 12.0. The number of aromatic nitrogens is 1. The van der Waals surface area contributed by atoms with Gasteiger partial charge >= 0.3 is 0 Å². The third-order valence-corrected chi connectivity index (χ3v) is 3.48. The molecule has 0 aliphatic carbocycles. The molecule has 2 aromatic rings. The Labute approximate surface area is 121 Å². The Hall–Kier alpha value is -1.88. The molecule has 0 fully saturated rings. The smallest absolute Gasteiger partial charge is 0.222 e. The average molecular weight is 295 g/mol. The summed E-state index contributed by atoms with van der Waals surface area (Å²) in [5, 5.41) is 4.51. The topological polar surface area (TPSA) is 70.5 Å². The summed E-state index contributed by atoms with van der Waals surface area (Å²) in [6.45, 7) is 5.18. The summed E-state index contributed by atoms with van der Waals surface area (Å²) in [4.78, 5) is 0. The van der Waals surface area contributed by atoms with Gasteiger partial charge in [0.25, 0.3) is 0 Å². The van der Waals surface area contributed by atoms with Crippen molar-refractivity contribution in [2.24, 2.45) is 0 Å². The molecule has 0 spiro atoms. The van der Waals surface area contributed by atoms with E-state index in [-0.39, 0.29) is 11.8 Å². The lowest BCUT2D eigenvalue weighted by molar-refractivity contribution is 0.169. The Morgan fingerprint density at radius 3 is 2.65 bits per heavy atom.